The molecule has 0 radical (unpaired) electrons. The Morgan fingerprint density at radius 3 is 3.00 bits per heavy atom. The van der Waals surface area contributed by atoms with Crippen molar-refractivity contribution in [3.05, 3.63) is 40.8 Å². The standard InChI is InChI=1S/C12H10F2N4O2/c13-10-8(17-19)3-9-12(11(10)14)20-2-1-18(9)5-7-4-15-6-16-7/h3-4,6H,1-2,5H2,(H,15,16). The molecule has 0 amide bonds. The van der Waals surface area contributed by atoms with E-state index in [0.717, 1.165) is 5.69 Å². The van der Waals surface area contributed by atoms with E-state index in [9.17, 15) is 13.7 Å². The number of hydrogen-bond donors (Lipinski definition) is 1. The predicted octanol–water partition coefficient (Wildman–Crippen LogP) is 2.48. The molecule has 1 aromatic heterocycles. The first-order valence-corrected chi connectivity index (χ1v) is 5.91. The lowest BCUT2D eigenvalue weighted by Gasteiger charge is -2.31. The fourth-order valence-corrected chi connectivity index (χ4v) is 2.14. The number of imidazole rings is 1. The van der Waals surface area contributed by atoms with Crippen molar-refractivity contribution < 1.29 is 13.5 Å². The van der Waals surface area contributed by atoms with Gasteiger partial charge in [-0.25, -0.2) is 9.37 Å². The van der Waals surface area contributed by atoms with Gasteiger partial charge in [0.2, 0.25) is 5.82 Å². The normalized spacial score (nSPS) is 13.8. The van der Waals surface area contributed by atoms with Crippen LogP contribution in [-0.2, 0) is 6.54 Å². The van der Waals surface area contributed by atoms with E-state index in [1.54, 1.807) is 11.1 Å². The average Bonchev–Trinajstić information content (AvgIpc) is 2.96. The molecule has 8 heteroatoms. The molecule has 0 spiro atoms. The summed E-state index contributed by atoms with van der Waals surface area (Å²) >= 11 is 0. The molecule has 0 atom stereocenters. The highest BCUT2D eigenvalue weighted by atomic mass is 19.2. The molecule has 1 aliphatic rings. The summed E-state index contributed by atoms with van der Waals surface area (Å²) in [5.74, 6) is -2.67. The Hall–Kier alpha value is -2.51. The van der Waals surface area contributed by atoms with Gasteiger partial charge in [-0.1, -0.05) is 0 Å². The smallest absolute Gasteiger partial charge is 0.205 e. The van der Waals surface area contributed by atoms with E-state index in [2.05, 4.69) is 15.1 Å². The second-order valence-corrected chi connectivity index (χ2v) is 4.31. The van der Waals surface area contributed by atoms with Crippen molar-refractivity contribution in [3.63, 3.8) is 0 Å². The lowest BCUT2D eigenvalue weighted by atomic mass is 10.2. The molecule has 6 nitrogen and oxygen atoms in total. The number of H-pyrrole nitrogens is 1. The van der Waals surface area contributed by atoms with Gasteiger partial charge in [0.25, 0.3) is 0 Å². The van der Waals surface area contributed by atoms with Crippen molar-refractivity contribution >= 4 is 11.4 Å². The quantitative estimate of drug-likeness (QED) is 0.877. The molecule has 3 rings (SSSR count). The first-order valence-electron chi connectivity index (χ1n) is 5.91. The summed E-state index contributed by atoms with van der Waals surface area (Å²) in [6, 6.07) is 1.19. The number of nitrogens with zero attached hydrogens (tertiary/aromatic N) is 3. The van der Waals surface area contributed by atoms with Crippen molar-refractivity contribution in [2.75, 3.05) is 18.1 Å². The number of nitrogens with one attached hydrogen (secondary N) is 1. The maximum Gasteiger partial charge on any atom is 0.205 e. The van der Waals surface area contributed by atoms with Crippen molar-refractivity contribution in [1.82, 2.24) is 9.97 Å². The number of fused-ring (bicyclic) bond motifs is 1. The summed E-state index contributed by atoms with van der Waals surface area (Å²) in [7, 11) is 0. The highest BCUT2D eigenvalue weighted by Crippen LogP contribution is 2.40. The second-order valence-electron chi connectivity index (χ2n) is 4.31. The van der Waals surface area contributed by atoms with Gasteiger partial charge in [0.15, 0.2) is 11.6 Å². The average molecular weight is 280 g/mol. The summed E-state index contributed by atoms with van der Waals surface area (Å²) in [6.45, 7) is 1.13. The van der Waals surface area contributed by atoms with Gasteiger partial charge in [0, 0.05) is 6.20 Å². The van der Waals surface area contributed by atoms with Crippen LogP contribution in [0.1, 0.15) is 5.69 Å². The SMILES string of the molecule is O=Nc1cc2c(c(F)c1F)OCCN2Cc1cnc[nH]1. The number of anilines is 1. The number of halogens is 2. The molecule has 0 fully saturated rings. The van der Waals surface area contributed by atoms with Crippen LogP contribution < -0.4 is 9.64 Å². The summed E-state index contributed by atoms with van der Waals surface area (Å²) in [5, 5.41) is 2.50. The van der Waals surface area contributed by atoms with Gasteiger partial charge < -0.3 is 14.6 Å². The number of nitroso groups, excluding NO2 is 1. The van der Waals surface area contributed by atoms with Crippen LogP contribution in [0.25, 0.3) is 0 Å². The molecule has 2 heterocycles. The minimum Gasteiger partial charge on any atom is -0.486 e. The van der Waals surface area contributed by atoms with E-state index >= 15 is 0 Å². The number of ether oxygens (including phenoxy) is 1. The van der Waals surface area contributed by atoms with Gasteiger partial charge in [-0.15, -0.1) is 4.91 Å². The third kappa shape index (κ3) is 1.98. The Morgan fingerprint density at radius 2 is 2.30 bits per heavy atom. The second kappa shape index (κ2) is 4.87. The molecule has 0 saturated carbocycles. The van der Waals surface area contributed by atoms with Crippen LogP contribution in [0.15, 0.2) is 23.8 Å². The van der Waals surface area contributed by atoms with Gasteiger partial charge in [-0.2, -0.15) is 4.39 Å². The Kier molecular flexibility index (Phi) is 3.05. The molecule has 0 unspecified atom stereocenters. The summed E-state index contributed by atoms with van der Waals surface area (Å²) in [4.78, 5) is 19.1. The van der Waals surface area contributed by atoms with E-state index in [1.165, 1.54) is 12.4 Å². The van der Waals surface area contributed by atoms with E-state index < -0.39 is 17.3 Å². The lowest BCUT2D eigenvalue weighted by Crippen LogP contribution is -2.32. The van der Waals surface area contributed by atoms with Crippen molar-refractivity contribution in [1.29, 1.82) is 0 Å². The van der Waals surface area contributed by atoms with E-state index in [1.807, 2.05) is 0 Å². The topological polar surface area (TPSA) is 70.6 Å². The number of aromatic nitrogens is 2. The van der Waals surface area contributed by atoms with Crippen LogP contribution >= 0.6 is 0 Å². The van der Waals surface area contributed by atoms with Crippen LogP contribution in [0.4, 0.5) is 20.2 Å². The molecule has 2 aromatic rings. The highest BCUT2D eigenvalue weighted by Gasteiger charge is 2.27. The van der Waals surface area contributed by atoms with Crippen molar-refractivity contribution in [2.45, 2.75) is 6.54 Å². The summed E-state index contributed by atoms with van der Waals surface area (Å²) in [6.07, 6.45) is 3.16. The molecule has 20 heavy (non-hydrogen) atoms. The molecule has 0 bridgehead atoms. The number of benzene rings is 1. The molecule has 1 N–H and O–H groups in total. The molecular weight excluding hydrogens is 270 g/mol. The van der Waals surface area contributed by atoms with E-state index in [4.69, 9.17) is 4.74 Å². The predicted molar refractivity (Wildman–Crippen MR) is 66.9 cm³/mol. The van der Waals surface area contributed by atoms with Crippen LogP contribution in [-0.4, -0.2) is 23.1 Å². The molecule has 0 aliphatic carbocycles. The first kappa shape index (κ1) is 12.5. The van der Waals surface area contributed by atoms with Gasteiger partial charge >= 0.3 is 0 Å². The summed E-state index contributed by atoms with van der Waals surface area (Å²) < 4.78 is 32.5. The zero-order valence-electron chi connectivity index (χ0n) is 10.3. The minimum absolute atomic E-state index is 0.194. The maximum atomic E-state index is 13.8. The first-order chi connectivity index (χ1) is 9.70. The van der Waals surface area contributed by atoms with E-state index in [0.29, 0.717) is 18.8 Å². The van der Waals surface area contributed by atoms with Gasteiger partial charge in [-0.05, 0) is 11.2 Å². The third-order valence-electron chi connectivity index (χ3n) is 3.09. The number of rotatable bonds is 3. The maximum absolute atomic E-state index is 13.8. The lowest BCUT2D eigenvalue weighted by molar-refractivity contribution is 0.285. The van der Waals surface area contributed by atoms with E-state index in [-0.39, 0.29) is 12.4 Å². The molecule has 1 aliphatic heterocycles. The highest BCUT2D eigenvalue weighted by molar-refractivity contribution is 5.67. The monoisotopic (exact) mass is 280 g/mol. The fraction of sp³-hybridized carbons (Fsp3) is 0.250. The minimum atomic E-state index is -1.29. The zero-order chi connectivity index (χ0) is 14.1. The molecule has 0 saturated heterocycles. The Bertz CT molecular complexity index is 645. The zero-order valence-corrected chi connectivity index (χ0v) is 10.3. The van der Waals surface area contributed by atoms with Gasteiger partial charge in [0.1, 0.15) is 12.3 Å². The largest absolute Gasteiger partial charge is 0.486 e. The Labute approximate surface area is 112 Å². The van der Waals surface area contributed by atoms with Crippen LogP contribution in [0.5, 0.6) is 5.75 Å². The molecular formula is C12H10F2N4O2. The van der Waals surface area contributed by atoms with Gasteiger partial charge in [0.05, 0.1) is 30.8 Å². The fourth-order valence-electron chi connectivity index (χ4n) is 2.14. The van der Waals surface area contributed by atoms with Crippen molar-refractivity contribution in [2.24, 2.45) is 5.18 Å². The third-order valence-corrected chi connectivity index (χ3v) is 3.09. The Balaban J connectivity index is 2.03. The number of hydrogen-bond acceptors (Lipinski definition) is 5. The number of aromatic amines is 1. The van der Waals surface area contributed by atoms with Crippen molar-refractivity contribution in [3.8, 4) is 5.75 Å². The van der Waals surface area contributed by atoms with Gasteiger partial charge in [-0.3, -0.25) is 0 Å². The van der Waals surface area contributed by atoms with Crippen LogP contribution in [0.3, 0.4) is 0 Å². The Morgan fingerprint density at radius 1 is 1.45 bits per heavy atom. The molecule has 1 aromatic carbocycles. The van der Waals surface area contributed by atoms with Crippen LogP contribution in [0.2, 0.25) is 0 Å². The summed E-state index contributed by atoms with van der Waals surface area (Å²) in [5.41, 5.74) is 0.545. The molecule has 104 valence electrons. The van der Waals surface area contributed by atoms with Crippen LogP contribution in [0, 0.1) is 16.5 Å².